The molecule has 2 rings (SSSR count). The van der Waals surface area contributed by atoms with Crippen LogP contribution in [-0.2, 0) is 14.3 Å². The zero-order valence-electron chi connectivity index (χ0n) is 12.4. The number of amides is 2. The van der Waals surface area contributed by atoms with E-state index >= 15 is 0 Å². The highest BCUT2D eigenvalue weighted by atomic mass is 79.9. The Hall–Kier alpha value is -1.47. The summed E-state index contributed by atoms with van der Waals surface area (Å²) in [5.74, 6) is -1.42. The number of halogens is 2. The lowest BCUT2D eigenvalue weighted by Crippen LogP contribution is -2.38. The predicted octanol–water partition coefficient (Wildman–Crippen LogP) is 2.41. The molecule has 0 aromatic heterocycles. The second kappa shape index (κ2) is 7.19. The number of methoxy groups -OCH3 is 1. The minimum absolute atomic E-state index is 0.0824. The third-order valence-electron chi connectivity index (χ3n) is 3.66. The minimum Gasteiger partial charge on any atom is -0.383 e. The Morgan fingerprint density at radius 3 is 2.95 bits per heavy atom. The molecular weight excluding hydrogens is 355 g/mol. The van der Waals surface area contributed by atoms with Crippen molar-refractivity contribution in [3.05, 3.63) is 28.5 Å². The molecule has 2 amide bonds. The number of hydrogen-bond acceptors (Lipinski definition) is 3. The Morgan fingerprint density at radius 2 is 2.32 bits per heavy atom. The topological polar surface area (TPSA) is 58.6 Å². The number of carbonyl (C=O) groups excluding carboxylic acids is 2. The lowest BCUT2D eigenvalue weighted by molar-refractivity contribution is -0.130. The maximum Gasteiger partial charge on any atom is 0.229 e. The standard InChI is InChI=1S/C15H18BrFN2O3/c1-9(8-22-2)19-7-10(5-14(19)20)15(21)18-13-4-3-11(16)6-12(13)17/h3-4,6,9-10H,5,7-8H2,1-2H3,(H,18,21)/t9-,10+/m1/s1. The summed E-state index contributed by atoms with van der Waals surface area (Å²) in [6.45, 7) is 2.62. The maximum atomic E-state index is 13.7. The van der Waals surface area contributed by atoms with E-state index in [0.29, 0.717) is 17.6 Å². The van der Waals surface area contributed by atoms with Crippen molar-refractivity contribution in [2.75, 3.05) is 25.6 Å². The average molecular weight is 373 g/mol. The Bertz CT molecular complexity index is 582. The Labute approximate surface area is 136 Å². The largest absolute Gasteiger partial charge is 0.383 e. The molecule has 0 radical (unpaired) electrons. The second-order valence-corrected chi connectivity index (χ2v) is 6.28. The highest BCUT2D eigenvalue weighted by Crippen LogP contribution is 2.24. The molecule has 1 fully saturated rings. The van der Waals surface area contributed by atoms with Gasteiger partial charge in [-0.3, -0.25) is 9.59 Å². The van der Waals surface area contributed by atoms with Gasteiger partial charge in [0.05, 0.1) is 24.3 Å². The van der Waals surface area contributed by atoms with E-state index in [4.69, 9.17) is 4.74 Å². The molecule has 1 N–H and O–H groups in total. The number of anilines is 1. The van der Waals surface area contributed by atoms with Gasteiger partial charge in [-0.25, -0.2) is 4.39 Å². The number of rotatable bonds is 5. The number of hydrogen-bond donors (Lipinski definition) is 1. The summed E-state index contributed by atoms with van der Waals surface area (Å²) in [6, 6.07) is 4.33. The summed E-state index contributed by atoms with van der Waals surface area (Å²) >= 11 is 3.16. The highest BCUT2D eigenvalue weighted by Gasteiger charge is 2.36. The van der Waals surface area contributed by atoms with Gasteiger partial charge < -0.3 is 15.0 Å². The van der Waals surface area contributed by atoms with E-state index in [9.17, 15) is 14.0 Å². The fourth-order valence-corrected chi connectivity index (χ4v) is 2.82. The van der Waals surface area contributed by atoms with E-state index in [1.54, 1.807) is 18.1 Å². The Balaban J connectivity index is 2.00. The molecule has 1 aromatic carbocycles. The summed E-state index contributed by atoms with van der Waals surface area (Å²) in [5, 5.41) is 2.55. The van der Waals surface area contributed by atoms with Crippen LogP contribution < -0.4 is 5.32 Å². The van der Waals surface area contributed by atoms with E-state index in [-0.39, 0.29) is 30.0 Å². The zero-order chi connectivity index (χ0) is 16.3. The molecule has 0 saturated carbocycles. The van der Waals surface area contributed by atoms with Gasteiger partial charge in [-0.15, -0.1) is 0 Å². The normalized spacial score (nSPS) is 19.4. The van der Waals surface area contributed by atoms with Crippen LogP contribution in [0.1, 0.15) is 13.3 Å². The van der Waals surface area contributed by atoms with Crippen LogP contribution in [0.25, 0.3) is 0 Å². The maximum absolute atomic E-state index is 13.7. The van der Waals surface area contributed by atoms with Crippen LogP contribution in [0.4, 0.5) is 10.1 Å². The third-order valence-corrected chi connectivity index (χ3v) is 4.15. The van der Waals surface area contributed by atoms with Crippen molar-refractivity contribution < 1.29 is 18.7 Å². The van der Waals surface area contributed by atoms with Crippen molar-refractivity contribution in [2.45, 2.75) is 19.4 Å². The summed E-state index contributed by atoms with van der Waals surface area (Å²) in [6.07, 6.45) is 0.137. The molecule has 0 unspecified atom stereocenters. The number of nitrogens with zero attached hydrogens (tertiary/aromatic N) is 1. The van der Waals surface area contributed by atoms with Gasteiger partial charge in [-0.2, -0.15) is 0 Å². The summed E-state index contributed by atoms with van der Waals surface area (Å²) < 4.78 is 19.4. The van der Waals surface area contributed by atoms with Gasteiger partial charge in [-0.1, -0.05) is 15.9 Å². The van der Waals surface area contributed by atoms with E-state index < -0.39 is 11.7 Å². The molecule has 1 aliphatic rings. The zero-order valence-corrected chi connectivity index (χ0v) is 14.0. The first-order chi connectivity index (χ1) is 10.4. The van der Waals surface area contributed by atoms with Gasteiger partial charge in [0, 0.05) is 24.5 Å². The quantitative estimate of drug-likeness (QED) is 0.863. The average Bonchev–Trinajstić information content (AvgIpc) is 2.84. The molecule has 7 heteroatoms. The number of likely N-dealkylation sites (tertiary alicyclic amines) is 1. The Morgan fingerprint density at radius 1 is 1.59 bits per heavy atom. The molecule has 1 saturated heterocycles. The van der Waals surface area contributed by atoms with E-state index in [1.807, 2.05) is 6.92 Å². The molecule has 22 heavy (non-hydrogen) atoms. The fourth-order valence-electron chi connectivity index (χ4n) is 2.49. The summed E-state index contributed by atoms with van der Waals surface area (Å²) in [4.78, 5) is 25.8. The number of nitrogens with one attached hydrogen (secondary N) is 1. The van der Waals surface area contributed by atoms with E-state index in [2.05, 4.69) is 21.2 Å². The van der Waals surface area contributed by atoms with Crippen LogP contribution in [0, 0.1) is 11.7 Å². The van der Waals surface area contributed by atoms with Crippen molar-refractivity contribution >= 4 is 33.4 Å². The lowest BCUT2D eigenvalue weighted by Gasteiger charge is -2.23. The van der Waals surface area contributed by atoms with Crippen LogP contribution in [0.3, 0.4) is 0 Å². The fraction of sp³-hybridized carbons (Fsp3) is 0.467. The lowest BCUT2D eigenvalue weighted by atomic mass is 10.1. The first-order valence-corrected chi connectivity index (χ1v) is 7.76. The smallest absolute Gasteiger partial charge is 0.229 e. The van der Waals surface area contributed by atoms with Crippen LogP contribution in [0.15, 0.2) is 22.7 Å². The molecule has 1 aromatic rings. The monoisotopic (exact) mass is 372 g/mol. The molecule has 120 valence electrons. The SMILES string of the molecule is COC[C@@H](C)N1C[C@@H](C(=O)Nc2ccc(Br)cc2F)CC1=O. The molecular formula is C15H18BrFN2O3. The van der Waals surface area contributed by atoms with E-state index in [1.165, 1.54) is 12.1 Å². The van der Waals surface area contributed by atoms with E-state index in [0.717, 1.165) is 0 Å². The van der Waals surface area contributed by atoms with Crippen molar-refractivity contribution in [1.29, 1.82) is 0 Å². The molecule has 0 spiro atoms. The van der Waals surface area contributed by atoms with Crippen molar-refractivity contribution in [2.24, 2.45) is 5.92 Å². The van der Waals surface area contributed by atoms with Gasteiger partial charge >= 0.3 is 0 Å². The Kier molecular flexibility index (Phi) is 5.52. The minimum atomic E-state index is -0.517. The third kappa shape index (κ3) is 3.84. The summed E-state index contributed by atoms with van der Waals surface area (Å²) in [5.41, 5.74) is 0.115. The van der Waals surface area contributed by atoms with Crippen LogP contribution >= 0.6 is 15.9 Å². The molecule has 5 nitrogen and oxygen atoms in total. The first-order valence-electron chi connectivity index (χ1n) is 6.96. The predicted molar refractivity (Wildman–Crippen MR) is 83.9 cm³/mol. The number of benzene rings is 1. The van der Waals surface area contributed by atoms with Gasteiger partial charge in [0.1, 0.15) is 5.82 Å². The van der Waals surface area contributed by atoms with Crippen LogP contribution in [0.5, 0.6) is 0 Å². The van der Waals surface area contributed by atoms with Gasteiger partial charge in [0.2, 0.25) is 11.8 Å². The molecule has 0 bridgehead atoms. The second-order valence-electron chi connectivity index (χ2n) is 5.36. The molecule has 0 aliphatic carbocycles. The molecule has 1 heterocycles. The van der Waals surface area contributed by atoms with Crippen LogP contribution in [0.2, 0.25) is 0 Å². The van der Waals surface area contributed by atoms with Gasteiger partial charge in [-0.05, 0) is 25.1 Å². The van der Waals surface area contributed by atoms with Gasteiger partial charge in [0.25, 0.3) is 0 Å². The van der Waals surface area contributed by atoms with Crippen molar-refractivity contribution in [1.82, 2.24) is 4.90 Å². The van der Waals surface area contributed by atoms with Gasteiger partial charge in [0.15, 0.2) is 0 Å². The first kappa shape index (κ1) is 16.9. The van der Waals surface area contributed by atoms with Crippen molar-refractivity contribution in [3.8, 4) is 0 Å². The summed E-state index contributed by atoms with van der Waals surface area (Å²) in [7, 11) is 1.57. The molecule has 1 aliphatic heterocycles. The highest BCUT2D eigenvalue weighted by molar-refractivity contribution is 9.10. The number of carbonyl (C=O) groups is 2. The van der Waals surface area contributed by atoms with Crippen LogP contribution in [-0.4, -0.2) is 43.0 Å². The number of ether oxygens (including phenoxy) is 1. The molecule has 2 atom stereocenters. The van der Waals surface area contributed by atoms with Crippen molar-refractivity contribution in [3.63, 3.8) is 0 Å².